The molecule has 0 saturated carbocycles. The molecule has 186 valence electrons. The van der Waals surface area contributed by atoms with E-state index in [4.69, 9.17) is 17.0 Å². The van der Waals surface area contributed by atoms with Crippen LogP contribution in [0.25, 0.3) is 0 Å². The number of rotatable bonds is 8. The van der Waals surface area contributed by atoms with Crippen molar-refractivity contribution in [2.45, 2.75) is 52.2 Å². The normalized spacial score (nSPS) is 16.4. The van der Waals surface area contributed by atoms with Gasteiger partial charge in [-0.15, -0.1) is 0 Å². The Balaban J connectivity index is 1.58. The smallest absolute Gasteiger partial charge is 0.308 e. The van der Waals surface area contributed by atoms with Crippen LogP contribution in [0.5, 0.6) is 0 Å². The van der Waals surface area contributed by atoms with E-state index in [2.05, 4.69) is 24.5 Å². The lowest BCUT2D eigenvalue weighted by atomic mass is 9.96. The molecule has 0 radical (unpaired) electrons. The molecular weight excluding hydrogens is 462 g/mol. The number of hydrogen-bond acceptors (Lipinski definition) is 5. The van der Waals surface area contributed by atoms with E-state index in [1.54, 1.807) is 4.90 Å². The first-order valence-corrected chi connectivity index (χ1v) is 12.3. The Morgan fingerprint density at radius 2 is 1.77 bits per heavy atom. The van der Waals surface area contributed by atoms with Crippen LogP contribution in [0.4, 0.5) is 0 Å². The van der Waals surface area contributed by atoms with Crippen molar-refractivity contribution in [2.24, 2.45) is 5.92 Å². The van der Waals surface area contributed by atoms with Gasteiger partial charge >= 0.3 is 5.97 Å². The van der Waals surface area contributed by atoms with Crippen molar-refractivity contribution in [3.63, 3.8) is 0 Å². The zero-order valence-electron chi connectivity index (χ0n) is 20.5. The maximum absolute atomic E-state index is 12.9. The fourth-order valence-electron chi connectivity index (χ4n) is 3.97. The van der Waals surface area contributed by atoms with Gasteiger partial charge in [0.25, 0.3) is 0 Å². The summed E-state index contributed by atoms with van der Waals surface area (Å²) in [4.78, 5) is 39.5. The zero-order valence-corrected chi connectivity index (χ0v) is 21.3. The summed E-state index contributed by atoms with van der Waals surface area (Å²) in [5, 5.41) is 5.65. The fraction of sp³-hybridized carbons (Fsp3) is 0.407. The van der Waals surface area contributed by atoms with Crippen LogP contribution >= 0.6 is 12.2 Å². The van der Waals surface area contributed by atoms with Crippen molar-refractivity contribution in [3.8, 4) is 0 Å². The highest BCUT2D eigenvalue weighted by atomic mass is 32.1. The number of esters is 1. The fourth-order valence-corrected chi connectivity index (χ4v) is 4.29. The van der Waals surface area contributed by atoms with Gasteiger partial charge in [0.15, 0.2) is 5.11 Å². The van der Waals surface area contributed by atoms with Crippen LogP contribution < -0.4 is 10.6 Å². The number of nitrogens with zero attached hydrogens (tertiary/aromatic N) is 1. The predicted molar refractivity (Wildman–Crippen MR) is 138 cm³/mol. The third-order valence-corrected chi connectivity index (χ3v) is 6.28. The molecule has 7 nitrogen and oxygen atoms in total. The third-order valence-electron chi connectivity index (χ3n) is 5.94. The first-order chi connectivity index (χ1) is 16.7. The molecule has 0 bridgehead atoms. The van der Waals surface area contributed by atoms with Gasteiger partial charge in [-0.05, 0) is 48.2 Å². The summed E-state index contributed by atoms with van der Waals surface area (Å²) in [6.07, 6.45) is 0.818. The van der Waals surface area contributed by atoms with Crippen LogP contribution in [-0.2, 0) is 32.1 Å². The summed E-state index contributed by atoms with van der Waals surface area (Å²) in [7, 11) is 0. The standard InChI is InChI=1S/C27H33N3O4S/c1-18(2)15-20-9-11-22(12-10-20)19(3)25(32)29-27(35)30-14-13-28-26(33)23(30)16-24(31)34-17-21-7-5-4-6-8-21/h4-12,18-19,23H,13-17H2,1-3H3,(H,28,33)(H,29,32,35). The number of benzene rings is 2. The van der Waals surface area contributed by atoms with Gasteiger partial charge in [-0.2, -0.15) is 0 Å². The lowest BCUT2D eigenvalue weighted by molar-refractivity contribution is -0.148. The number of hydrogen-bond donors (Lipinski definition) is 2. The second kappa shape index (κ2) is 12.4. The van der Waals surface area contributed by atoms with Crippen molar-refractivity contribution < 1.29 is 19.1 Å². The molecule has 2 aromatic rings. The van der Waals surface area contributed by atoms with Crippen LogP contribution in [0, 0.1) is 5.92 Å². The predicted octanol–water partition coefficient (Wildman–Crippen LogP) is 3.32. The first kappa shape index (κ1) is 26.3. The SMILES string of the molecule is CC(C)Cc1ccc(C(C)C(=O)NC(=S)N2CCNC(=O)C2CC(=O)OCc2ccccc2)cc1. The highest BCUT2D eigenvalue weighted by Gasteiger charge is 2.34. The molecule has 1 fully saturated rings. The molecule has 2 aromatic carbocycles. The number of carbonyl (C=O) groups is 3. The van der Waals surface area contributed by atoms with Gasteiger partial charge in [0, 0.05) is 13.1 Å². The van der Waals surface area contributed by atoms with Gasteiger partial charge in [-0.3, -0.25) is 14.4 Å². The van der Waals surface area contributed by atoms with E-state index in [1.165, 1.54) is 5.56 Å². The molecule has 1 aliphatic heterocycles. The number of nitrogens with one attached hydrogen (secondary N) is 2. The number of ether oxygens (including phenoxy) is 1. The molecule has 2 amide bonds. The Labute approximate surface area is 212 Å². The molecule has 1 aliphatic rings. The average Bonchev–Trinajstić information content (AvgIpc) is 2.84. The maximum Gasteiger partial charge on any atom is 0.308 e. The maximum atomic E-state index is 12.9. The average molecular weight is 496 g/mol. The lowest BCUT2D eigenvalue weighted by Gasteiger charge is -2.36. The molecule has 1 saturated heterocycles. The van der Waals surface area contributed by atoms with Crippen LogP contribution in [0.15, 0.2) is 54.6 Å². The molecule has 8 heteroatoms. The minimum absolute atomic E-state index is 0.128. The Morgan fingerprint density at radius 3 is 2.43 bits per heavy atom. The van der Waals surface area contributed by atoms with E-state index in [-0.39, 0.29) is 30.0 Å². The molecule has 0 spiro atoms. The van der Waals surface area contributed by atoms with E-state index < -0.39 is 17.9 Å². The van der Waals surface area contributed by atoms with Gasteiger partial charge in [-0.1, -0.05) is 68.4 Å². The second-order valence-corrected chi connectivity index (χ2v) is 9.59. The molecule has 2 N–H and O–H groups in total. The number of amides is 2. The number of thiocarbonyl (C=S) groups is 1. The molecule has 0 aromatic heterocycles. The van der Waals surface area contributed by atoms with Gasteiger partial charge in [0.05, 0.1) is 12.3 Å². The van der Waals surface area contributed by atoms with Crippen LogP contribution in [0.1, 0.15) is 49.8 Å². The first-order valence-electron chi connectivity index (χ1n) is 11.9. The van der Waals surface area contributed by atoms with E-state index in [1.807, 2.05) is 61.5 Å². The van der Waals surface area contributed by atoms with Gasteiger partial charge in [-0.25, -0.2) is 0 Å². The summed E-state index contributed by atoms with van der Waals surface area (Å²) in [6, 6.07) is 16.5. The van der Waals surface area contributed by atoms with Crippen molar-refractivity contribution in [1.82, 2.24) is 15.5 Å². The Morgan fingerprint density at radius 1 is 1.09 bits per heavy atom. The molecule has 35 heavy (non-hydrogen) atoms. The van der Waals surface area contributed by atoms with Crippen LogP contribution in [-0.4, -0.2) is 46.9 Å². The highest BCUT2D eigenvalue weighted by Crippen LogP contribution is 2.19. The minimum Gasteiger partial charge on any atom is -0.461 e. The quantitative estimate of drug-likeness (QED) is 0.432. The molecule has 1 heterocycles. The highest BCUT2D eigenvalue weighted by molar-refractivity contribution is 7.80. The Kier molecular flexibility index (Phi) is 9.37. The molecule has 0 aliphatic carbocycles. The van der Waals surface area contributed by atoms with Crippen molar-refractivity contribution in [1.29, 1.82) is 0 Å². The van der Waals surface area contributed by atoms with Crippen molar-refractivity contribution in [2.75, 3.05) is 13.1 Å². The largest absolute Gasteiger partial charge is 0.461 e. The van der Waals surface area contributed by atoms with E-state index in [0.717, 1.165) is 17.5 Å². The third kappa shape index (κ3) is 7.62. The van der Waals surface area contributed by atoms with Crippen molar-refractivity contribution >= 4 is 35.1 Å². The van der Waals surface area contributed by atoms with E-state index in [9.17, 15) is 14.4 Å². The van der Waals surface area contributed by atoms with Crippen molar-refractivity contribution in [3.05, 3.63) is 71.3 Å². The Hall–Kier alpha value is -3.26. The molecule has 3 rings (SSSR count). The Bertz CT molecular complexity index is 1040. The molecule has 2 atom stereocenters. The molecule has 2 unspecified atom stereocenters. The van der Waals surface area contributed by atoms with Crippen LogP contribution in [0.2, 0.25) is 0 Å². The minimum atomic E-state index is -0.842. The summed E-state index contributed by atoms with van der Waals surface area (Å²) >= 11 is 5.47. The summed E-state index contributed by atoms with van der Waals surface area (Å²) in [6.45, 7) is 7.04. The van der Waals surface area contributed by atoms with Gasteiger partial charge in [0.1, 0.15) is 12.6 Å². The van der Waals surface area contributed by atoms with E-state index >= 15 is 0 Å². The zero-order chi connectivity index (χ0) is 25.4. The summed E-state index contributed by atoms with van der Waals surface area (Å²) < 4.78 is 5.34. The monoisotopic (exact) mass is 495 g/mol. The molecular formula is C27H33N3O4S. The van der Waals surface area contributed by atoms with Crippen LogP contribution in [0.3, 0.4) is 0 Å². The topological polar surface area (TPSA) is 87.7 Å². The number of piperazine rings is 1. The summed E-state index contributed by atoms with van der Waals surface area (Å²) in [5.74, 6) is -0.954. The van der Waals surface area contributed by atoms with Gasteiger partial charge in [0.2, 0.25) is 11.8 Å². The number of carbonyl (C=O) groups excluding carboxylic acids is 3. The lowest BCUT2D eigenvalue weighted by Crippen LogP contribution is -2.60. The van der Waals surface area contributed by atoms with E-state index in [0.29, 0.717) is 19.0 Å². The summed E-state index contributed by atoms with van der Waals surface area (Å²) in [5.41, 5.74) is 2.98. The van der Waals surface area contributed by atoms with Gasteiger partial charge < -0.3 is 20.3 Å². The second-order valence-electron chi connectivity index (χ2n) is 9.21.